The van der Waals surface area contributed by atoms with Gasteiger partial charge in [0.2, 0.25) is 5.91 Å². The van der Waals surface area contributed by atoms with Gasteiger partial charge in [-0.2, -0.15) is 0 Å². The third-order valence-electron chi connectivity index (χ3n) is 5.79. The molecule has 4 aromatic carbocycles. The second kappa shape index (κ2) is 11.1. The van der Waals surface area contributed by atoms with Crippen molar-refractivity contribution in [2.75, 3.05) is 12.4 Å². The fourth-order valence-electron chi connectivity index (χ4n) is 3.84. The lowest BCUT2D eigenvalue weighted by molar-refractivity contribution is -0.111. The highest BCUT2D eigenvalue weighted by atomic mass is 16.5. The molecule has 6 nitrogen and oxygen atoms in total. The fourth-order valence-corrected chi connectivity index (χ4v) is 3.84. The van der Waals surface area contributed by atoms with Crippen LogP contribution < -0.4 is 10.6 Å². The Kier molecular flexibility index (Phi) is 7.56. The van der Waals surface area contributed by atoms with E-state index in [4.69, 9.17) is 4.74 Å². The summed E-state index contributed by atoms with van der Waals surface area (Å²) in [5, 5.41) is 7.77. The first-order chi connectivity index (χ1) is 17.4. The molecule has 0 aliphatic heterocycles. The van der Waals surface area contributed by atoms with E-state index < -0.39 is 11.9 Å². The predicted octanol–water partition coefficient (Wildman–Crippen LogP) is 5.60. The number of amides is 2. The summed E-state index contributed by atoms with van der Waals surface area (Å²) in [5.74, 6) is -1.36. The molecule has 0 aliphatic rings. The molecule has 4 rings (SSSR count). The molecule has 2 amide bonds. The van der Waals surface area contributed by atoms with Crippen molar-refractivity contribution in [3.8, 4) is 0 Å². The number of esters is 1. The number of rotatable bonds is 7. The molecule has 0 unspecified atom stereocenters. The quantitative estimate of drug-likeness (QED) is 0.268. The zero-order chi connectivity index (χ0) is 25.5. The highest BCUT2D eigenvalue weighted by Gasteiger charge is 2.17. The second-order valence-corrected chi connectivity index (χ2v) is 8.30. The van der Waals surface area contributed by atoms with E-state index in [-0.39, 0.29) is 17.2 Å². The molecule has 0 heterocycles. The molecule has 0 fully saturated rings. The molecule has 0 radical (unpaired) electrons. The highest BCUT2D eigenvalue weighted by molar-refractivity contribution is 6.09. The van der Waals surface area contributed by atoms with Crippen LogP contribution in [0, 0.1) is 0 Å². The van der Waals surface area contributed by atoms with Crippen molar-refractivity contribution >= 4 is 39.8 Å². The summed E-state index contributed by atoms with van der Waals surface area (Å²) in [6, 6.07) is 28.0. The third kappa shape index (κ3) is 5.85. The Morgan fingerprint density at radius 3 is 2.25 bits per heavy atom. The molecule has 0 atom stereocenters. The first kappa shape index (κ1) is 24.4. The molecule has 0 saturated carbocycles. The number of nitrogens with one attached hydrogen (secondary N) is 2. The van der Waals surface area contributed by atoms with Gasteiger partial charge in [0.25, 0.3) is 5.91 Å². The first-order valence-electron chi connectivity index (χ1n) is 11.5. The molecule has 0 aliphatic carbocycles. The van der Waals surface area contributed by atoms with Crippen molar-refractivity contribution in [1.29, 1.82) is 0 Å². The maximum Gasteiger partial charge on any atom is 0.339 e. The van der Waals surface area contributed by atoms with E-state index in [0.717, 1.165) is 27.5 Å². The Bertz CT molecular complexity index is 1460. The van der Waals surface area contributed by atoms with Gasteiger partial charge in [-0.25, -0.2) is 4.79 Å². The van der Waals surface area contributed by atoms with E-state index in [1.54, 1.807) is 0 Å². The molecule has 0 saturated heterocycles. The van der Waals surface area contributed by atoms with Gasteiger partial charge in [-0.3, -0.25) is 9.59 Å². The number of ether oxygens (including phenoxy) is 1. The van der Waals surface area contributed by atoms with Crippen LogP contribution in [0.5, 0.6) is 0 Å². The number of hydrogen-bond acceptors (Lipinski definition) is 4. The van der Waals surface area contributed by atoms with Crippen molar-refractivity contribution < 1.29 is 19.1 Å². The van der Waals surface area contributed by atoms with Gasteiger partial charge in [0.15, 0.2) is 0 Å². The molecule has 0 bridgehead atoms. The van der Waals surface area contributed by atoms with Gasteiger partial charge in [-0.1, -0.05) is 66.7 Å². The predicted molar refractivity (Wildman–Crippen MR) is 142 cm³/mol. The van der Waals surface area contributed by atoms with Gasteiger partial charge in [-0.05, 0) is 58.7 Å². The van der Waals surface area contributed by atoms with Gasteiger partial charge in [0.1, 0.15) is 0 Å². The molecule has 6 heteroatoms. The number of benzene rings is 4. The Labute approximate surface area is 209 Å². The summed E-state index contributed by atoms with van der Waals surface area (Å²) in [7, 11) is 1.26. The molecule has 0 spiro atoms. The number of anilines is 1. The number of carbonyl (C=O) groups excluding carboxylic acids is 3. The lowest BCUT2D eigenvalue weighted by atomic mass is 10.0. The molecule has 0 aromatic heterocycles. The monoisotopic (exact) mass is 478 g/mol. The number of methoxy groups -OCH3 is 1. The molecular formula is C30H26N2O4. The Morgan fingerprint density at radius 1 is 0.806 bits per heavy atom. The Morgan fingerprint density at radius 2 is 1.50 bits per heavy atom. The van der Waals surface area contributed by atoms with Crippen LogP contribution in [-0.2, 0) is 16.1 Å². The molecule has 180 valence electrons. The van der Waals surface area contributed by atoms with Crippen molar-refractivity contribution in [2.24, 2.45) is 0 Å². The van der Waals surface area contributed by atoms with E-state index in [9.17, 15) is 14.4 Å². The zero-order valence-corrected chi connectivity index (χ0v) is 20.1. The smallest absolute Gasteiger partial charge is 0.339 e. The molecule has 36 heavy (non-hydrogen) atoms. The van der Waals surface area contributed by atoms with Gasteiger partial charge < -0.3 is 15.4 Å². The molecule has 4 aromatic rings. The Hall–Kier alpha value is -4.71. The highest BCUT2D eigenvalue weighted by Crippen LogP contribution is 2.23. The third-order valence-corrected chi connectivity index (χ3v) is 5.79. The van der Waals surface area contributed by atoms with Crippen molar-refractivity contribution in [3.05, 3.63) is 119 Å². The lowest BCUT2D eigenvalue weighted by Crippen LogP contribution is -2.23. The standard InChI is InChI=1S/C30H26N2O4/c1-20(23-13-12-22-10-6-7-11-24(22)17-23)16-28(33)32-27-18-25(14-15-26(27)30(35)36-2)29(34)31-19-21-8-4-3-5-9-21/h3-18H,19H2,1-2H3,(H,31,34)(H,32,33). The average Bonchev–Trinajstić information content (AvgIpc) is 2.91. The maximum atomic E-state index is 12.9. The van der Waals surface area contributed by atoms with E-state index in [1.165, 1.54) is 31.4 Å². The van der Waals surface area contributed by atoms with Crippen molar-refractivity contribution in [2.45, 2.75) is 13.5 Å². The summed E-state index contributed by atoms with van der Waals surface area (Å²) in [5.41, 5.74) is 3.29. The van der Waals surface area contributed by atoms with Crippen LogP contribution in [0.3, 0.4) is 0 Å². The summed E-state index contributed by atoms with van der Waals surface area (Å²) in [4.78, 5) is 37.9. The largest absolute Gasteiger partial charge is 0.465 e. The SMILES string of the molecule is COC(=O)c1ccc(C(=O)NCc2ccccc2)cc1NC(=O)C=C(C)c1ccc2ccccc2c1. The van der Waals surface area contributed by atoms with E-state index in [1.807, 2.05) is 79.7 Å². The van der Waals surface area contributed by atoms with Gasteiger partial charge in [0, 0.05) is 18.2 Å². The van der Waals surface area contributed by atoms with Crippen LogP contribution in [0.1, 0.15) is 38.8 Å². The molecule has 2 N–H and O–H groups in total. The topological polar surface area (TPSA) is 84.5 Å². The molecular weight excluding hydrogens is 452 g/mol. The van der Waals surface area contributed by atoms with Gasteiger partial charge in [0.05, 0.1) is 18.4 Å². The summed E-state index contributed by atoms with van der Waals surface area (Å²) in [6.45, 7) is 2.20. The van der Waals surface area contributed by atoms with Crippen molar-refractivity contribution in [3.63, 3.8) is 0 Å². The summed E-state index contributed by atoms with van der Waals surface area (Å²) >= 11 is 0. The minimum atomic E-state index is -0.614. The number of fused-ring (bicyclic) bond motifs is 1. The number of allylic oxidation sites excluding steroid dienone is 1. The minimum absolute atomic E-state index is 0.155. The van der Waals surface area contributed by atoms with Crippen LogP contribution in [0.15, 0.2) is 97.1 Å². The first-order valence-corrected chi connectivity index (χ1v) is 11.5. The van der Waals surface area contributed by atoms with Crippen LogP contribution in [0.2, 0.25) is 0 Å². The lowest BCUT2D eigenvalue weighted by Gasteiger charge is -2.12. The van der Waals surface area contributed by atoms with E-state index in [2.05, 4.69) is 10.6 Å². The average molecular weight is 479 g/mol. The maximum absolute atomic E-state index is 12.9. The zero-order valence-electron chi connectivity index (χ0n) is 20.1. The van der Waals surface area contributed by atoms with E-state index in [0.29, 0.717) is 12.1 Å². The second-order valence-electron chi connectivity index (χ2n) is 8.30. The van der Waals surface area contributed by atoms with Crippen LogP contribution in [0.4, 0.5) is 5.69 Å². The Balaban J connectivity index is 1.54. The van der Waals surface area contributed by atoms with Crippen LogP contribution in [0.25, 0.3) is 16.3 Å². The summed E-state index contributed by atoms with van der Waals surface area (Å²) in [6.07, 6.45) is 1.47. The minimum Gasteiger partial charge on any atom is -0.465 e. The normalized spacial score (nSPS) is 11.1. The van der Waals surface area contributed by atoms with Gasteiger partial charge >= 0.3 is 5.97 Å². The van der Waals surface area contributed by atoms with Gasteiger partial charge in [-0.15, -0.1) is 0 Å². The number of carbonyl (C=O) groups is 3. The van der Waals surface area contributed by atoms with Crippen molar-refractivity contribution in [1.82, 2.24) is 5.32 Å². The van der Waals surface area contributed by atoms with Crippen LogP contribution in [-0.4, -0.2) is 24.9 Å². The summed E-state index contributed by atoms with van der Waals surface area (Å²) < 4.78 is 4.85. The number of hydrogen-bond donors (Lipinski definition) is 2. The van der Waals surface area contributed by atoms with E-state index >= 15 is 0 Å². The van der Waals surface area contributed by atoms with Crippen LogP contribution >= 0.6 is 0 Å². The fraction of sp³-hybridized carbons (Fsp3) is 0.100.